The van der Waals surface area contributed by atoms with Crippen LogP contribution >= 0.6 is 0 Å². The Balaban J connectivity index is 1.48. The van der Waals surface area contributed by atoms with E-state index in [-0.39, 0.29) is 16.2 Å². The number of amides is 1. The first-order valence-corrected chi connectivity index (χ1v) is 15.7. The third-order valence-electron chi connectivity index (χ3n) is 7.48. The number of aliphatic hydroxyl groups is 2. The molecule has 1 aliphatic carbocycles. The number of ether oxygens (including phenoxy) is 1. The van der Waals surface area contributed by atoms with Gasteiger partial charge in [0.25, 0.3) is 5.91 Å². The number of Topliss-reactive ketones (excluding diaryl/α,β-unsaturated/α-hetero) is 1. The van der Waals surface area contributed by atoms with Gasteiger partial charge < -0.3 is 25.3 Å². The van der Waals surface area contributed by atoms with Crippen LogP contribution in [0, 0.1) is 0 Å². The molecule has 0 saturated carbocycles. The maximum atomic E-state index is 13.8. The average Bonchev–Trinajstić information content (AvgIpc) is 3.54. The van der Waals surface area contributed by atoms with E-state index >= 15 is 0 Å². The zero-order valence-corrected chi connectivity index (χ0v) is 24.2. The van der Waals surface area contributed by atoms with Crippen molar-refractivity contribution < 1.29 is 33.0 Å². The number of nitrogens with zero attached hydrogens (tertiary/aromatic N) is 1. The Morgan fingerprint density at radius 3 is 2.42 bits per heavy atom. The normalized spacial score (nSPS) is 13.9. The number of fused-ring (bicyclic) bond motifs is 1. The number of ketones is 1. The minimum absolute atomic E-state index is 0.00537. The second kappa shape index (κ2) is 13.3. The van der Waals surface area contributed by atoms with Gasteiger partial charge >= 0.3 is 0 Å². The van der Waals surface area contributed by atoms with Crippen LogP contribution in [0.15, 0.2) is 84.0 Å². The van der Waals surface area contributed by atoms with Crippen LogP contribution in [0.3, 0.4) is 0 Å². The van der Waals surface area contributed by atoms with Crippen molar-refractivity contribution in [3.05, 3.63) is 113 Å². The lowest BCUT2D eigenvalue weighted by atomic mass is 9.87. The molecule has 0 unspecified atom stereocenters. The second-order valence-corrected chi connectivity index (χ2v) is 12.4. The highest BCUT2D eigenvalue weighted by Crippen LogP contribution is 2.36. The molecular weight excluding hydrogens is 570 g/mol. The van der Waals surface area contributed by atoms with Crippen molar-refractivity contribution >= 4 is 21.5 Å². The highest BCUT2D eigenvalue weighted by atomic mass is 32.2. The molecule has 0 radical (unpaired) electrons. The summed E-state index contributed by atoms with van der Waals surface area (Å²) in [7, 11) is -3.93. The molecule has 4 N–H and O–H groups in total. The zero-order chi connectivity index (χ0) is 30.4. The van der Waals surface area contributed by atoms with Crippen LogP contribution in [0.4, 0.5) is 0 Å². The van der Waals surface area contributed by atoms with Gasteiger partial charge in [0.05, 0.1) is 29.9 Å². The number of aromatic nitrogens is 2. The summed E-state index contributed by atoms with van der Waals surface area (Å²) in [4.78, 5) is 32.7. The van der Waals surface area contributed by atoms with Crippen LogP contribution in [-0.2, 0) is 28.4 Å². The van der Waals surface area contributed by atoms with Crippen LogP contribution in [-0.4, -0.2) is 59.5 Å². The van der Waals surface area contributed by atoms with Crippen molar-refractivity contribution in [3.63, 3.8) is 0 Å². The summed E-state index contributed by atoms with van der Waals surface area (Å²) >= 11 is 0. The molecule has 0 aliphatic heterocycles. The molecule has 1 heterocycles. The van der Waals surface area contributed by atoms with Crippen molar-refractivity contribution in [1.82, 2.24) is 15.3 Å². The van der Waals surface area contributed by atoms with Crippen molar-refractivity contribution in [1.29, 1.82) is 0 Å². The number of rotatable bonds is 12. The van der Waals surface area contributed by atoms with Gasteiger partial charge in [-0.25, -0.2) is 13.4 Å². The van der Waals surface area contributed by atoms with E-state index in [9.17, 15) is 28.2 Å². The molecule has 0 bridgehead atoms. The van der Waals surface area contributed by atoms with E-state index < -0.39 is 46.9 Å². The van der Waals surface area contributed by atoms with E-state index in [1.165, 1.54) is 24.3 Å². The molecule has 10 nitrogen and oxygen atoms in total. The summed E-state index contributed by atoms with van der Waals surface area (Å²) in [6.45, 7) is -0.870. The number of aliphatic hydroxyl groups excluding tert-OH is 2. The van der Waals surface area contributed by atoms with Gasteiger partial charge in [0.2, 0.25) is 0 Å². The lowest BCUT2D eigenvalue weighted by Gasteiger charge is -2.25. The lowest BCUT2D eigenvalue weighted by molar-refractivity contribution is 0.0879. The number of sulfone groups is 1. The zero-order valence-electron chi connectivity index (χ0n) is 23.4. The number of carbonyl (C=O) groups is 2. The maximum absolute atomic E-state index is 13.8. The SMILES string of the molecule is O=C(NC(CO)CO)c1ccc(S(=O)(=O)Cc2c(O[C@@H](Cc3ncc[nH]3)c3ccccc3)ccc3c2CCCC3=O)cc1. The maximum Gasteiger partial charge on any atom is 0.251 e. The molecule has 43 heavy (non-hydrogen) atoms. The molecule has 1 atom stereocenters. The summed E-state index contributed by atoms with van der Waals surface area (Å²) < 4.78 is 34.1. The van der Waals surface area contributed by atoms with Crippen LogP contribution < -0.4 is 10.1 Å². The highest BCUT2D eigenvalue weighted by Gasteiger charge is 2.28. The summed E-state index contributed by atoms with van der Waals surface area (Å²) in [6.07, 6.45) is 4.89. The Labute approximate surface area is 249 Å². The molecule has 1 aliphatic rings. The molecule has 11 heteroatoms. The number of benzene rings is 3. The Kier molecular flexibility index (Phi) is 9.34. The van der Waals surface area contributed by atoms with E-state index in [0.717, 1.165) is 5.56 Å². The predicted octanol–water partition coefficient (Wildman–Crippen LogP) is 3.35. The lowest BCUT2D eigenvalue weighted by Crippen LogP contribution is -2.40. The Morgan fingerprint density at radius 1 is 1.00 bits per heavy atom. The van der Waals surface area contributed by atoms with Crippen molar-refractivity contribution in [2.75, 3.05) is 13.2 Å². The smallest absolute Gasteiger partial charge is 0.251 e. The molecular formula is C32H33N3O7S. The third kappa shape index (κ3) is 7.02. The summed E-state index contributed by atoms with van der Waals surface area (Å²) in [5.74, 6) is 0.119. The minimum atomic E-state index is -3.93. The van der Waals surface area contributed by atoms with E-state index in [4.69, 9.17) is 4.74 Å². The topological polar surface area (TPSA) is 159 Å². The molecule has 0 saturated heterocycles. The number of H-pyrrole nitrogens is 1. The van der Waals surface area contributed by atoms with Gasteiger partial charge in [-0.1, -0.05) is 30.3 Å². The molecule has 4 aromatic rings. The fourth-order valence-electron chi connectivity index (χ4n) is 5.19. The average molecular weight is 604 g/mol. The van der Waals surface area contributed by atoms with Crippen LogP contribution in [0.1, 0.15) is 62.2 Å². The van der Waals surface area contributed by atoms with Gasteiger partial charge in [0.15, 0.2) is 15.6 Å². The molecule has 1 aromatic heterocycles. The summed E-state index contributed by atoms with van der Waals surface area (Å²) in [5.41, 5.74) is 2.71. The first-order chi connectivity index (χ1) is 20.8. The minimum Gasteiger partial charge on any atom is -0.485 e. The number of hydrogen-bond donors (Lipinski definition) is 4. The fraction of sp³-hybridized carbons (Fsp3) is 0.281. The number of aromatic amines is 1. The number of carbonyl (C=O) groups excluding carboxylic acids is 2. The summed E-state index contributed by atoms with van der Waals surface area (Å²) in [6, 6.07) is 17.6. The fourth-order valence-corrected chi connectivity index (χ4v) is 6.60. The standard InChI is InChI=1S/C32H33N3O7S/c36-18-23(19-37)35-32(39)22-9-11-24(12-10-22)43(40,41)20-27-25-7-4-8-28(38)26(25)13-14-29(27)42-30(17-31-33-15-16-34-31)21-5-2-1-3-6-21/h1-3,5-6,9-16,23,30,36-37H,4,7-8,17-20H2,(H,33,34)(H,35,39)/t30-/m0/s1. The molecule has 224 valence electrons. The van der Waals surface area contributed by atoms with Crippen molar-refractivity contribution in [3.8, 4) is 5.75 Å². The van der Waals surface area contributed by atoms with Gasteiger partial charge in [0, 0.05) is 41.9 Å². The van der Waals surface area contributed by atoms with Crippen LogP contribution in [0.5, 0.6) is 5.75 Å². The quantitative estimate of drug-likeness (QED) is 0.192. The molecule has 1 amide bonds. The van der Waals surface area contributed by atoms with E-state index in [1.54, 1.807) is 24.5 Å². The first kappa shape index (κ1) is 30.1. The van der Waals surface area contributed by atoms with Gasteiger partial charge in [0.1, 0.15) is 17.7 Å². The Bertz CT molecular complexity index is 1670. The molecule has 0 fully saturated rings. The van der Waals surface area contributed by atoms with Gasteiger partial charge in [-0.15, -0.1) is 0 Å². The van der Waals surface area contributed by atoms with Gasteiger partial charge in [-0.05, 0) is 60.4 Å². The molecule has 5 rings (SSSR count). The van der Waals surface area contributed by atoms with Crippen molar-refractivity contribution in [2.24, 2.45) is 0 Å². The largest absolute Gasteiger partial charge is 0.485 e. The first-order valence-electron chi connectivity index (χ1n) is 14.0. The highest BCUT2D eigenvalue weighted by molar-refractivity contribution is 7.90. The Hall–Kier alpha value is -4.32. The van der Waals surface area contributed by atoms with Gasteiger partial charge in [-0.3, -0.25) is 9.59 Å². The van der Waals surface area contributed by atoms with E-state index in [2.05, 4.69) is 15.3 Å². The number of nitrogens with one attached hydrogen (secondary N) is 2. The summed E-state index contributed by atoms with van der Waals surface area (Å²) in [5, 5.41) is 20.9. The monoisotopic (exact) mass is 603 g/mol. The number of hydrogen-bond acceptors (Lipinski definition) is 8. The van der Waals surface area contributed by atoms with Crippen molar-refractivity contribution in [2.45, 2.75) is 48.5 Å². The number of imidazole rings is 1. The predicted molar refractivity (Wildman–Crippen MR) is 159 cm³/mol. The second-order valence-electron chi connectivity index (χ2n) is 10.4. The van der Waals surface area contributed by atoms with Crippen LogP contribution in [0.2, 0.25) is 0 Å². The third-order valence-corrected chi connectivity index (χ3v) is 9.14. The van der Waals surface area contributed by atoms with Crippen LogP contribution in [0.25, 0.3) is 0 Å². The van der Waals surface area contributed by atoms with Gasteiger partial charge in [-0.2, -0.15) is 0 Å². The molecule has 0 spiro atoms. The van der Waals surface area contributed by atoms with E-state index in [1.807, 2.05) is 30.3 Å². The van der Waals surface area contributed by atoms with E-state index in [0.29, 0.717) is 53.9 Å². The molecule has 3 aromatic carbocycles. The Morgan fingerprint density at radius 2 is 1.74 bits per heavy atom.